The zero-order chi connectivity index (χ0) is 14.8. The van der Waals surface area contributed by atoms with Gasteiger partial charge in [-0.2, -0.15) is 0 Å². The molecular weight excluding hydrogens is 258 g/mol. The molecular formula is C19H17NO. The van der Waals surface area contributed by atoms with Crippen LogP contribution in [0.15, 0.2) is 78.4 Å². The van der Waals surface area contributed by atoms with Gasteiger partial charge < -0.3 is 4.57 Å². The van der Waals surface area contributed by atoms with Crippen molar-refractivity contribution in [2.45, 2.75) is 13.0 Å². The first-order valence-electron chi connectivity index (χ1n) is 6.99. The summed E-state index contributed by atoms with van der Waals surface area (Å²) < 4.78 is 2.13. The third-order valence-corrected chi connectivity index (χ3v) is 3.82. The Balaban J connectivity index is 2.12. The summed E-state index contributed by atoms with van der Waals surface area (Å²) in [6.07, 6.45) is 6.00. The van der Waals surface area contributed by atoms with Gasteiger partial charge in [0.15, 0.2) is 5.43 Å². The maximum absolute atomic E-state index is 11.4. The molecule has 0 N–H and O–H groups in total. The first-order chi connectivity index (χ1) is 10.2. The lowest BCUT2D eigenvalue weighted by atomic mass is 10.00. The fraction of sp³-hybridized carbons (Fsp3) is 0.105. The lowest BCUT2D eigenvalue weighted by Crippen LogP contribution is -2.10. The van der Waals surface area contributed by atoms with E-state index in [-0.39, 0.29) is 11.5 Å². The molecule has 1 unspecified atom stereocenters. The van der Waals surface area contributed by atoms with Gasteiger partial charge in [-0.1, -0.05) is 30.3 Å². The molecule has 1 aliphatic carbocycles. The van der Waals surface area contributed by atoms with Gasteiger partial charge in [0.05, 0.1) is 6.04 Å². The van der Waals surface area contributed by atoms with Crippen molar-refractivity contribution in [2.24, 2.45) is 0 Å². The number of hydrogen-bond acceptors (Lipinski definition) is 1. The summed E-state index contributed by atoms with van der Waals surface area (Å²) in [6.45, 7) is 6.09. The minimum atomic E-state index is 0.0411. The second kappa shape index (κ2) is 5.41. The molecule has 1 aliphatic heterocycles. The van der Waals surface area contributed by atoms with E-state index < -0.39 is 0 Å². The highest BCUT2D eigenvalue weighted by Gasteiger charge is 2.12. The number of aryl methyl sites for hydroxylation is 1. The predicted octanol–water partition coefficient (Wildman–Crippen LogP) is 4.04. The molecule has 0 fully saturated rings. The van der Waals surface area contributed by atoms with Crippen LogP contribution in [0.2, 0.25) is 0 Å². The smallest absolute Gasteiger partial charge is 0.179 e. The number of pyridine rings is 1. The second-order valence-electron chi connectivity index (χ2n) is 5.22. The molecule has 1 aromatic rings. The number of rotatable bonds is 3. The number of fused-ring (bicyclic) bond motifs is 1. The van der Waals surface area contributed by atoms with Crippen molar-refractivity contribution in [3.05, 3.63) is 94.9 Å². The van der Waals surface area contributed by atoms with Crippen molar-refractivity contribution in [1.82, 2.24) is 4.57 Å². The van der Waals surface area contributed by atoms with Gasteiger partial charge in [-0.15, -0.1) is 6.58 Å². The summed E-state index contributed by atoms with van der Waals surface area (Å²) in [5.41, 5.74) is 4.53. The van der Waals surface area contributed by atoms with Gasteiger partial charge >= 0.3 is 0 Å². The average Bonchev–Trinajstić information content (AvgIpc) is 2.50. The molecule has 0 spiro atoms. The summed E-state index contributed by atoms with van der Waals surface area (Å²) in [5.74, 6) is 0. The lowest BCUT2D eigenvalue weighted by Gasteiger charge is -2.21. The van der Waals surface area contributed by atoms with E-state index in [1.54, 1.807) is 12.1 Å². The van der Waals surface area contributed by atoms with Crippen LogP contribution in [0.1, 0.15) is 17.2 Å². The summed E-state index contributed by atoms with van der Waals surface area (Å²) in [4.78, 5) is 11.4. The summed E-state index contributed by atoms with van der Waals surface area (Å²) >= 11 is 0. The molecule has 0 saturated carbocycles. The molecule has 0 bridgehead atoms. The maximum atomic E-state index is 11.4. The number of benzene rings is 2. The van der Waals surface area contributed by atoms with Gasteiger partial charge in [-0.3, -0.25) is 4.79 Å². The molecule has 21 heavy (non-hydrogen) atoms. The van der Waals surface area contributed by atoms with Crippen LogP contribution in [0.4, 0.5) is 0 Å². The van der Waals surface area contributed by atoms with Crippen LogP contribution >= 0.6 is 0 Å². The van der Waals surface area contributed by atoms with E-state index in [2.05, 4.69) is 36.4 Å². The molecule has 2 aliphatic rings. The van der Waals surface area contributed by atoms with Crippen LogP contribution in [0.5, 0.6) is 0 Å². The largest absolute Gasteiger partial charge is 0.343 e. The zero-order valence-electron chi connectivity index (χ0n) is 12.0. The molecule has 0 saturated heterocycles. The molecule has 0 radical (unpaired) electrons. The van der Waals surface area contributed by atoms with Crippen molar-refractivity contribution >= 4 is 0 Å². The van der Waals surface area contributed by atoms with Crippen molar-refractivity contribution in [1.29, 1.82) is 0 Å². The Labute approximate surface area is 124 Å². The number of allylic oxidation sites excluding steroid dienone is 1. The quantitative estimate of drug-likeness (QED) is 0.661. The van der Waals surface area contributed by atoms with Gasteiger partial charge in [0.1, 0.15) is 0 Å². The van der Waals surface area contributed by atoms with Crippen LogP contribution in [0.25, 0.3) is 11.1 Å². The van der Waals surface area contributed by atoms with Crippen molar-refractivity contribution < 1.29 is 0 Å². The highest BCUT2D eigenvalue weighted by molar-refractivity contribution is 5.63. The first-order valence-corrected chi connectivity index (χ1v) is 6.99. The summed E-state index contributed by atoms with van der Waals surface area (Å²) in [7, 11) is 0. The number of aromatic nitrogens is 1. The highest BCUT2D eigenvalue weighted by atomic mass is 16.1. The SMILES string of the molecule is C=CC(c1ccccc1C)n1ccc2cc(=O)ccc-2c1. The van der Waals surface area contributed by atoms with E-state index in [1.165, 1.54) is 11.1 Å². The van der Waals surface area contributed by atoms with Crippen LogP contribution in [0.3, 0.4) is 0 Å². The van der Waals surface area contributed by atoms with Gasteiger partial charge in [-0.25, -0.2) is 0 Å². The third-order valence-electron chi connectivity index (χ3n) is 3.82. The normalized spacial score (nSPS) is 12.2. The monoisotopic (exact) mass is 275 g/mol. The molecule has 0 amide bonds. The van der Waals surface area contributed by atoms with Crippen molar-refractivity contribution in [3.8, 4) is 11.1 Å². The van der Waals surface area contributed by atoms with Gasteiger partial charge in [-0.05, 0) is 53.4 Å². The van der Waals surface area contributed by atoms with E-state index in [4.69, 9.17) is 0 Å². The molecule has 104 valence electrons. The fourth-order valence-electron chi connectivity index (χ4n) is 2.69. The number of nitrogens with zero attached hydrogens (tertiary/aromatic N) is 1. The van der Waals surface area contributed by atoms with Crippen LogP contribution in [0, 0.1) is 6.92 Å². The third kappa shape index (κ3) is 2.52. The minimum absolute atomic E-state index is 0.0411. The van der Waals surface area contributed by atoms with E-state index >= 15 is 0 Å². The van der Waals surface area contributed by atoms with Crippen molar-refractivity contribution in [3.63, 3.8) is 0 Å². The molecule has 1 heterocycles. The molecule has 3 rings (SSSR count). The Morgan fingerprint density at radius 2 is 1.90 bits per heavy atom. The van der Waals surface area contributed by atoms with Crippen molar-refractivity contribution in [2.75, 3.05) is 0 Å². The Hall–Kier alpha value is -2.61. The molecule has 0 aromatic heterocycles. The Morgan fingerprint density at radius 3 is 2.67 bits per heavy atom. The average molecular weight is 275 g/mol. The van der Waals surface area contributed by atoms with Gasteiger partial charge in [0, 0.05) is 12.4 Å². The second-order valence-corrected chi connectivity index (χ2v) is 5.22. The Bertz CT molecular complexity index is 816. The Morgan fingerprint density at radius 1 is 1.10 bits per heavy atom. The maximum Gasteiger partial charge on any atom is 0.179 e. The van der Waals surface area contributed by atoms with Gasteiger partial charge in [0.2, 0.25) is 0 Å². The molecule has 2 heteroatoms. The molecule has 1 aromatic carbocycles. The number of hydrogen-bond donors (Lipinski definition) is 0. The van der Waals surface area contributed by atoms with Crippen LogP contribution in [-0.4, -0.2) is 4.57 Å². The highest BCUT2D eigenvalue weighted by Crippen LogP contribution is 2.26. The zero-order valence-corrected chi connectivity index (χ0v) is 12.0. The lowest BCUT2D eigenvalue weighted by molar-refractivity contribution is 0.692. The standard InChI is InChI=1S/C19H17NO/c1-3-19(18-7-5-4-6-14(18)2)20-11-10-15-12-17(21)9-8-16(15)13-20/h3-13,19H,1H2,2H3. The minimum Gasteiger partial charge on any atom is -0.343 e. The summed E-state index contributed by atoms with van der Waals surface area (Å²) in [6, 6.07) is 15.5. The summed E-state index contributed by atoms with van der Waals surface area (Å²) in [5, 5.41) is 0. The first kappa shape index (κ1) is 13.4. The van der Waals surface area contributed by atoms with E-state index in [0.29, 0.717) is 0 Å². The van der Waals surface area contributed by atoms with E-state index in [9.17, 15) is 4.79 Å². The Kier molecular flexibility index (Phi) is 3.44. The fourth-order valence-corrected chi connectivity index (χ4v) is 2.69. The molecule has 2 nitrogen and oxygen atoms in total. The molecule has 1 atom stereocenters. The van der Waals surface area contributed by atoms with E-state index in [1.807, 2.05) is 36.5 Å². The van der Waals surface area contributed by atoms with Gasteiger partial charge in [0.25, 0.3) is 0 Å². The van der Waals surface area contributed by atoms with Crippen LogP contribution < -0.4 is 5.43 Å². The topological polar surface area (TPSA) is 22.0 Å². The van der Waals surface area contributed by atoms with Crippen LogP contribution in [-0.2, 0) is 0 Å². The predicted molar refractivity (Wildman–Crippen MR) is 86.8 cm³/mol. The van der Waals surface area contributed by atoms with E-state index in [0.717, 1.165) is 11.1 Å².